The molecular weight excluding hydrogens is 1090 g/mol. The number of carbonyl (C=O) groups is 2. The number of phosphoric acid groups is 1. The minimum atomic E-state index is -4.39. The summed E-state index contributed by atoms with van der Waals surface area (Å²) in [7, 11) is 1.50. The van der Waals surface area contributed by atoms with Crippen molar-refractivity contribution >= 4 is 19.8 Å². The second-order valence-corrected chi connectivity index (χ2v) is 28.5. The third-order valence-corrected chi connectivity index (χ3v) is 18.2. The lowest BCUT2D eigenvalue weighted by Gasteiger charge is -2.24. The number of quaternary nitrogens is 1. The summed E-state index contributed by atoms with van der Waals surface area (Å²) in [6.07, 6.45) is 87.1. The highest BCUT2D eigenvalue weighted by Gasteiger charge is 2.27. The molecule has 0 aliphatic rings. The first kappa shape index (κ1) is 84.2. The molecule has 0 amide bonds. The second kappa shape index (κ2) is 67.6. The predicted octanol–water partition coefficient (Wildman–Crippen LogP) is 24.6. The zero-order chi connectivity index (χ0) is 62.6. The lowest BCUT2D eigenvalue weighted by molar-refractivity contribution is -0.870. The van der Waals surface area contributed by atoms with Gasteiger partial charge in [-0.15, -0.1) is 0 Å². The Morgan fingerprint density at radius 2 is 0.628 bits per heavy atom. The molecular formula is C76H147NO8P+. The summed E-state index contributed by atoms with van der Waals surface area (Å²) >= 11 is 0. The van der Waals surface area contributed by atoms with Gasteiger partial charge in [-0.25, -0.2) is 4.57 Å². The maximum Gasteiger partial charge on any atom is 0.472 e. The van der Waals surface area contributed by atoms with Gasteiger partial charge in [0, 0.05) is 12.8 Å². The summed E-state index contributed by atoms with van der Waals surface area (Å²) in [5.41, 5.74) is 0. The van der Waals surface area contributed by atoms with Crippen LogP contribution in [0.4, 0.5) is 0 Å². The van der Waals surface area contributed by atoms with Crippen LogP contribution in [0.2, 0.25) is 0 Å². The van der Waals surface area contributed by atoms with E-state index in [2.05, 4.69) is 50.3 Å². The van der Waals surface area contributed by atoms with Crippen molar-refractivity contribution in [3.05, 3.63) is 36.5 Å². The molecule has 0 saturated carbocycles. The van der Waals surface area contributed by atoms with Gasteiger partial charge in [0.25, 0.3) is 0 Å². The molecule has 0 radical (unpaired) electrons. The number of likely N-dealkylation sites (N-methyl/N-ethyl adjacent to an activating group) is 1. The molecule has 0 heterocycles. The van der Waals surface area contributed by atoms with E-state index < -0.39 is 26.5 Å². The molecule has 0 aromatic heterocycles. The number of hydrogen-bond donors (Lipinski definition) is 1. The zero-order valence-electron chi connectivity index (χ0n) is 58.1. The molecule has 1 N–H and O–H groups in total. The average molecular weight is 1230 g/mol. The van der Waals surface area contributed by atoms with Crippen LogP contribution >= 0.6 is 7.82 Å². The molecule has 0 rings (SSSR count). The number of ether oxygens (including phenoxy) is 2. The Balaban J connectivity index is 3.88. The quantitative estimate of drug-likeness (QED) is 0.0211. The van der Waals surface area contributed by atoms with Crippen molar-refractivity contribution in [2.45, 2.75) is 392 Å². The summed E-state index contributed by atoms with van der Waals surface area (Å²) in [6, 6.07) is 0. The first-order valence-corrected chi connectivity index (χ1v) is 39.2. The molecule has 0 bridgehead atoms. The van der Waals surface area contributed by atoms with Crippen molar-refractivity contribution in [1.82, 2.24) is 0 Å². The highest BCUT2D eigenvalue weighted by Crippen LogP contribution is 2.43. The smallest absolute Gasteiger partial charge is 0.462 e. The molecule has 9 nitrogen and oxygen atoms in total. The van der Waals surface area contributed by atoms with Crippen molar-refractivity contribution in [2.24, 2.45) is 0 Å². The van der Waals surface area contributed by atoms with Gasteiger partial charge in [0.1, 0.15) is 19.8 Å². The second-order valence-electron chi connectivity index (χ2n) is 27.0. The van der Waals surface area contributed by atoms with Gasteiger partial charge in [0.05, 0.1) is 27.7 Å². The fourth-order valence-electron chi connectivity index (χ4n) is 11.4. The zero-order valence-corrected chi connectivity index (χ0v) is 59.0. The van der Waals surface area contributed by atoms with E-state index in [9.17, 15) is 19.0 Å². The van der Waals surface area contributed by atoms with E-state index >= 15 is 0 Å². The number of rotatable bonds is 71. The fourth-order valence-corrected chi connectivity index (χ4v) is 12.1. The van der Waals surface area contributed by atoms with Crippen LogP contribution in [0, 0.1) is 0 Å². The minimum absolute atomic E-state index is 0.0359. The number of carbonyl (C=O) groups excluding carboxylic acids is 2. The van der Waals surface area contributed by atoms with Crippen LogP contribution in [0.25, 0.3) is 0 Å². The monoisotopic (exact) mass is 1230 g/mol. The highest BCUT2D eigenvalue weighted by molar-refractivity contribution is 7.47. The first-order valence-electron chi connectivity index (χ1n) is 37.7. The minimum Gasteiger partial charge on any atom is -0.462 e. The van der Waals surface area contributed by atoms with Crippen LogP contribution in [0.15, 0.2) is 36.5 Å². The lowest BCUT2D eigenvalue weighted by atomic mass is 10.0. The maximum atomic E-state index is 12.9. The molecule has 0 aromatic carbocycles. The molecule has 10 heteroatoms. The Hall–Kier alpha value is -1.77. The molecule has 0 aliphatic heterocycles. The van der Waals surface area contributed by atoms with E-state index in [4.69, 9.17) is 18.5 Å². The molecule has 2 atom stereocenters. The summed E-state index contributed by atoms with van der Waals surface area (Å²) < 4.78 is 34.8. The molecule has 86 heavy (non-hydrogen) atoms. The normalized spacial score (nSPS) is 13.2. The van der Waals surface area contributed by atoms with Gasteiger partial charge < -0.3 is 18.9 Å². The van der Waals surface area contributed by atoms with Gasteiger partial charge in [-0.05, 0) is 51.4 Å². The fraction of sp³-hybridized carbons (Fsp3) is 0.895. The summed E-state index contributed by atoms with van der Waals surface area (Å²) in [5.74, 6) is -0.771. The Kier molecular flexibility index (Phi) is 66.2. The highest BCUT2D eigenvalue weighted by atomic mass is 31.2. The molecule has 0 spiro atoms. The number of unbranched alkanes of at least 4 members (excludes halogenated alkanes) is 51. The van der Waals surface area contributed by atoms with Crippen LogP contribution in [-0.2, 0) is 32.7 Å². The van der Waals surface area contributed by atoms with Gasteiger partial charge in [-0.3, -0.25) is 18.6 Å². The van der Waals surface area contributed by atoms with Crippen molar-refractivity contribution in [3.63, 3.8) is 0 Å². The lowest BCUT2D eigenvalue weighted by Crippen LogP contribution is -2.37. The van der Waals surface area contributed by atoms with Crippen LogP contribution < -0.4 is 0 Å². The van der Waals surface area contributed by atoms with Gasteiger partial charge in [-0.2, -0.15) is 0 Å². The molecule has 508 valence electrons. The molecule has 0 aromatic rings. The standard InChI is InChI=1S/C76H146NO8P/c1-6-8-10-12-14-16-18-20-22-24-26-28-29-30-31-32-33-34-35-36-37-38-39-40-41-42-43-44-45-46-47-49-51-53-55-57-59-61-63-65-67-69-76(79)85-74(73-84-86(80,81)83-71-70-77(3,4)5)72-82-75(78)68-66-64-62-60-58-56-54-52-50-48-27-25-23-21-19-17-15-13-11-9-7-2/h18,20,24,26,29-30,74H,6-17,19,21-23,25,27-28,31-73H2,1-5H3/p+1/b20-18-,26-24-,30-29-. The largest absolute Gasteiger partial charge is 0.472 e. The number of esters is 2. The SMILES string of the molecule is CCCCCCC/C=C\C/C=C\C/C=C\CCCCCCCCCCCCCCCCCCCCCCCCCCCCC(=O)OC(COC(=O)CCCCCCCCCCCCCCCCCCCCCCC)COP(=O)(O)OCC[N+](C)(C)C. The van der Waals surface area contributed by atoms with E-state index in [1.54, 1.807) is 0 Å². The number of allylic oxidation sites excluding steroid dienone is 6. The van der Waals surface area contributed by atoms with Crippen molar-refractivity contribution in [2.75, 3.05) is 47.5 Å². The average Bonchev–Trinajstić information content (AvgIpc) is 3.70. The van der Waals surface area contributed by atoms with Crippen LogP contribution in [-0.4, -0.2) is 74.9 Å². The summed E-state index contributed by atoms with van der Waals surface area (Å²) in [5, 5.41) is 0. The van der Waals surface area contributed by atoms with Crippen LogP contribution in [0.3, 0.4) is 0 Å². The predicted molar refractivity (Wildman–Crippen MR) is 372 cm³/mol. The van der Waals surface area contributed by atoms with Gasteiger partial charge in [0.2, 0.25) is 0 Å². The number of hydrogen-bond acceptors (Lipinski definition) is 7. The van der Waals surface area contributed by atoms with Crippen molar-refractivity contribution in [1.29, 1.82) is 0 Å². The van der Waals surface area contributed by atoms with E-state index in [1.165, 1.54) is 308 Å². The van der Waals surface area contributed by atoms with Crippen LogP contribution in [0.5, 0.6) is 0 Å². The third-order valence-electron chi connectivity index (χ3n) is 17.2. The Morgan fingerprint density at radius 3 is 0.930 bits per heavy atom. The number of nitrogens with zero attached hydrogens (tertiary/aromatic N) is 1. The van der Waals surface area contributed by atoms with Crippen molar-refractivity contribution in [3.8, 4) is 0 Å². The van der Waals surface area contributed by atoms with Gasteiger partial charge >= 0.3 is 19.8 Å². The Morgan fingerprint density at radius 1 is 0.360 bits per heavy atom. The number of phosphoric ester groups is 1. The van der Waals surface area contributed by atoms with E-state index in [0.717, 1.165) is 51.4 Å². The van der Waals surface area contributed by atoms with E-state index in [0.29, 0.717) is 17.4 Å². The van der Waals surface area contributed by atoms with Crippen molar-refractivity contribution < 1.29 is 42.1 Å². The Bertz CT molecular complexity index is 1540. The molecule has 2 unspecified atom stereocenters. The third kappa shape index (κ3) is 71.3. The molecule has 0 fully saturated rings. The Labute approximate surface area is 535 Å². The van der Waals surface area contributed by atoms with E-state index in [1.807, 2.05) is 21.1 Å². The first-order chi connectivity index (χ1) is 42.0. The topological polar surface area (TPSA) is 108 Å². The van der Waals surface area contributed by atoms with Crippen LogP contribution in [0.1, 0.15) is 386 Å². The van der Waals surface area contributed by atoms with Gasteiger partial charge in [-0.1, -0.05) is 359 Å². The van der Waals surface area contributed by atoms with Gasteiger partial charge in [0.15, 0.2) is 6.10 Å². The maximum absolute atomic E-state index is 12.9. The molecule has 0 aliphatic carbocycles. The van der Waals surface area contributed by atoms with E-state index in [-0.39, 0.29) is 25.6 Å². The summed E-state index contributed by atoms with van der Waals surface area (Å²) in [4.78, 5) is 35.9. The molecule has 0 saturated heterocycles. The summed E-state index contributed by atoms with van der Waals surface area (Å²) in [6.45, 7) is 4.50.